The average molecular weight is 263 g/mol. The summed E-state index contributed by atoms with van der Waals surface area (Å²) in [5.74, 6) is -0.453. The molecule has 1 saturated heterocycles. The van der Waals surface area contributed by atoms with Crippen molar-refractivity contribution < 1.29 is 14.6 Å². The quantitative estimate of drug-likeness (QED) is 0.886. The molecule has 0 bridgehead atoms. The first-order valence-electron chi connectivity index (χ1n) is 6.80. The number of benzene rings is 1. The molecule has 1 heterocycles. The molecule has 19 heavy (non-hydrogen) atoms. The van der Waals surface area contributed by atoms with Crippen molar-refractivity contribution in [3.63, 3.8) is 0 Å². The number of rotatable bonds is 5. The minimum Gasteiger partial charge on any atom is -0.497 e. The molecule has 1 aromatic carbocycles. The first-order chi connectivity index (χ1) is 9.20. The Morgan fingerprint density at radius 3 is 2.42 bits per heavy atom. The van der Waals surface area contributed by atoms with E-state index in [0.717, 1.165) is 24.4 Å². The second-order valence-electron chi connectivity index (χ2n) is 5.03. The van der Waals surface area contributed by atoms with Gasteiger partial charge < -0.3 is 14.7 Å². The topological polar surface area (TPSA) is 49.8 Å². The van der Waals surface area contributed by atoms with Gasteiger partial charge in [0.2, 0.25) is 0 Å². The number of nitrogens with zero attached hydrogens (tertiary/aromatic N) is 1. The summed E-state index contributed by atoms with van der Waals surface area (Å²) in [7, 11) is 1.61. The molecule has 1 aliphatic heterocycles. The highest BCUT2D eigenvalue weighted by atomic mass is 16.5. The van der Waals surface area contributed by atoms with E-state index in [9.17, 15) is 9.90 Å². The molecule has 1 atom stereocenters. The fraction of sp³-hybridized carbons (Fsp3) is 0.533. The predicted octanol–water partition coefficient (Wildman–Crippen LogP) is 2.35. The van der Waals surface area contributed by atoms with Crippen molar-refractivity contribution in [1.29, 1.82) is 0 Å². The minimum atomic E-state index is -0.754. The van der Waals surface area contributed by atoms with Gasteiger partial charge in [-0.3, -0.25) is 4.79 Å². The van der Waals surface area contributed by atoms with Crippen molar-refractivity contribution in [1.82, 2.24) is 4.90 Å². The Labute approximate surface area is 114 Å². The van der Waals surface area contributed by atoms with Gasteiger partial charge in [0.25, 0.3) is 0 Å². The van der Waals surface area contributed by atoms with Gasteiger partial charge in [-0.05, 0) is 43.6 Å². The van der Waals surface area contributed by atoms with Crippen molar-refractivity contribution in [3.05, 3.63) is 29.8 Å². The third-order valence-corrected chi connectivity index (χ3v) is 3.71. The lowest BCUT2D eigenvalue weighted by Crippen LogP contribution is -2.35. The molecule has 1 aliphatic rings. The SMILES string of the molecule is COc1ccc(C(CN2CCCCC2)C(=O)O)cc1. The van der Waals surface area contributed by atoms with Crippen LogP contribution in [0.25, 0.3) is 0 Å². The van der Waals surface area contributed by atoms with Crippen molar-refractivity contribution in [2.75, 3.05) is 26.7 Å². The van der Waals surface area contributed by atoms with Crippen LogP contribution in [0.4, 0.5) is 0 Å². The van der Waals surface area contributed by atoms with Crippen molar-refractivity contribution in [3.8, 4) is 5.75 Å². The molecule has 0 spiro atoms. The van der Waals surface area contributed by atoms with E-state index >= 15 is 0 Å². The second-order valence-corrected chi connectivity index (χ2v) is 5.03. The highest BCUT2D eigenvalue weighted by molar-refractivity contribution is 5.76. The van der Waals surface area contributed by atoms with Crippen molar-refractivity contribution in [2.24, 2.45) is 0 Å². The van der Waals surface area contributed by atoms with Crippen LogP contribution in [0.1, 0.15) is 30.7 Å². The number of carbonyl (C=O) groups is 1. The van der Waals surface area contributed by atoms with Crippen LogP contribution in [-0.4, -0.2) is 42.7 Å². The number of aliphatic carboxylic acids is 1. The van der Waals surface area contributed by atoms with Crippen molar-refractivity contribution >= 4 is 5.97 Å². The van der Waals surface area contributed by atoms with Crippen LogP contribution in [-0.2, 0) is 4.79 Å². The first-order valence-corrected chi connectivity index (χ1v) is 6.80. The number of hydrogen-bond acceptors (Lipinski definition) is 3. The minimum absolute atomic E-state index is 0.455. The lowest BCUT2D eigenvalue weighted by Gasteiger charge is -2.29. The Balaban J connectivity index is 2.07. The number of carboxylic acids is 1. The summed E-state index contributed by atoms with van der Waals surface area (Å²) >= 11 is 0. The molecule has 1 fully saturated rings. The predicted molar refractivity (Wildman–Crippen MR) is 73.7 cm³/mol. The third kappa shape index (κ3) is 3.70. The van der Waals surface area contributed by atoms with Gasteiger partial charge in [0.15, 0.2) is 0 Å². The molecule has 2 rings (SSSR count). The molecule has 0 radical (unpaired) electrons. The van der Waals surface area contributed by atoms with Crippen LogP contribution in [0.2, 0.25) is 0 Å². The highest BCUT2D eigenvalue weighted by Crippen LogP contribution is 2.22. The molecule has 104 valence electrons. The van der Waals surface area contributed by atoms with Crippen molar-refractivity contribution in [2.45, 2.75) is 25.2 Å². The fourth-order valence-corrected chi connectivity index (χ4v) is 2.56. The van der Waals surface area contributed by atoms with Crippen LogP contribution in [0.15, 0.2) is 24.3 Å². The van der Waals surface area contributed by atoms with E-state index in [0.29, 0.717) is 6.54 Å². The Morgan fingerprint density at radius 2 is 1.89 bits per heavy atom. The van der Waals surface area contributed by atoms with E-state index in [4.69, 9.17) is 4.74 Å². The summed E-state index contributed by atoms with van der Waals surface area (Å²) in [5.41, 5.74) is 0.846. The number of piperidine rings is 1. The Bertz CT molecular complexity index is 410. The van der Waals surface area contributed by atoms with Crippen LogP contribution in [0, 0.1) is 0 Å². The van der Waals surface area contributed by atoms with E-state index in [1.807, 2.05) is 24.3 Å². The Kier molecular flexibility index (Phi) is 4.80. The molecule has 1 aromatic rings. The number of methoxy groups -OCH3 is 1. The van der Waals surface area contributed by atoms with Crippen LogP contribution in [0.5, 0.6) is 5.75 Å². The largest absolute Gasteiger partial charge is 0.497 e. The molecule has 0 aliphatic carbocycles. The van der Waals surface area contributed by atoms with Gasteiger partial charge in [-0.15, -0.1) is 0 Å². The lowest BCUT2D eigenvalue weighted by atomic mass is 9.97. The van der Waals surface area contributed by atoms with E-state index in [1.54, 1.807) is 7.11 Å². The molecule has 4 heteroatoms. The second kappa shape index (κ2) is 6.57. The van der Waals surface area contributed by atoms with Gasteiger partial charge in [-0.25, -0.2) is 0 Å². The summed E-state index contributed by atoms with van der Waals surface area (Å²) < 4.78 is 5.10. The van der Waals surface area contributed by atoms with Gasteiger partial charge in [-0.1, -0.05) is 18.6 Å². The molecular formula is C15H21NO3. The molecular weight excluding hydrogens is 242 g/mol. The normalized spacial score (nSPS) is 17.9. The highest BCUT2D eigenvalue weighted by Gasteiger charge is 2.23. The Hall–Kier alpha value is -1.55. The monoisotopic (exact) mass is 263 g/mol. The number of ether oxygens (including phenoxy) is 1. The van der Waals surface area contributed by atoms with Crippen LogP contribution in [0.3, 0.4) is 0 Å². The van der Waals surface area contributed by atoms with E-state index < -0.39 is 11.9 Å². The zero-order chi connectivity index (χ0) is 13.7. The molecule has 0 amide bonds. The summed E-state index contributed by atoms with van der Waals surface area (Å²) in [6, 6.07) is 7.34. The zero-order valence-corrected chi connectivity index (χ0v) is 11.3. The summed E-state index contributed by atoms with van der Waals surface area (Å²) in [4.78, 5) is 13.7. The standard InChI is InChI=1S/C15H21NO3/c1-19-13-7-5-12(6-8-13)14(15(17)18)11-16-9-3-2-4-10-16/h5-8,14H,2-4,9-11H2,1H3,(H,17,18). The van der Waals surface area contributed by atoms with Gasteiger partial charge in [0.05, 0.1) is 13.0 Å². The number of hydrogen-bond donors (Lipinski definition) is 1. The van der Waals surface area contributed by atoms with Gasteiger partial charge in [0.1, 0.15) is 5.75 Å². The summed E-state index contributed by atoms with van der Waals surface area (Å²) in [6.45, 7) is 2.63. The van der Waals surface area contributed by atoms with Crippen LogP contribution >= 0.6 is 0 Å². The van der Waals surface area contributed by atoms with E-state index in [-0.39, 0.29) is 0 Å². The van der Waals surface area contributed by atoms with Gasteiger partial charge in [-0.2, -0.15) is 0 Å². The smallest absolute Gasteiger partial charge is 0.312 e. The first kappa shape index (κ1) is 13.9. The van der Waals surface area contributed by atoms with E-state index in [2.05, 4.69) is 4.90 Å². The number of likely N-dealkylation sites (tertiary alicyclic amines) is 1. The van der Waals surface area contributed by atoms with Gasteiger partial charge >= 0.3 is 5.97 Å². The zero-order valence-electron chi connectivity index (χ0n) is 11.3. The number of carboxylic acid groups (broad SMARTS) is 1. The summed E-state index contributed by atoms with van der Waals surface area (Å²) in [6.07, 6.45) is 3.61. The Morgan fingerprint density at radius 1 is 1.26 bits per heavy atom. The lowest BCUT2D eigenvalue weighted by molar-refractivity contribution is -0.139. The average Bonchev–Trinajstić information content (AvgIpc) is 2.46. The third-order valence-electron chi connectivity index (χ3n) is 3.71. The molecule has 0 saturated carbocycles. The fourth-order valence-electron chi connectivity index (χ4n) is 2.56. The summed E-state index contributed by atoms with van der Waals surface area (Å²) in [5, 5.41) is 9.43. The molecule has 4 nitrogen and oxygen atoms in total. The van der Waals surface area contributed by atoms with E-state index in [1.165, 1.54) is 19.3 Å². The van der Waals surface area contributed by atoms with Crippen LogP contribution < -0.4 is 4.74 Å². The molecule has 1 unspecified atom stereocenters. The molecule has 1 N–H and O–H groups in total. The maximum absolute atomic E-state index is 11.5. The maximum atomic E-state index is 11.5. The molecule has 0 aromatic heterocycles. The van der Waals surface area contributed by atoms with Gasteiger partial charge in [0, 0.05) is 6.54 Å². The maximum Gasteiger partial charge on any atom is 0.312 e.